The average Bonchev–Trinajstić information content (AvgIpc) is 2.70. The van der Waals surface area contributed by atoms with E-state index in [2.05, 4.69) is 0 Å². The molecule has 0 spiro atoms. The van der Waals surface area contributed by atoms with Crippen LogP contribution in [0.15, 0.2) is 18.2 Å². The van der Waals surface area contributed by atoms with Gasteiger partial charge in [0.1, 0.15) is 0 Å². The lowest BCUT2D eigenvalue weighted by molar-refractivity contribution is -0.173. The number of benzene rings is 1. The molecule has 0 fully saturated rings. The van der Waals surface area contributed by atoms with E-state index in [-0.39, 0.29) is 0 Å². The molecule has 6 heteroatoms. The van der Waals surface area contributed by atoms with Crippen LogP contribution in [-0.2, 0) is 4.74 Å². The molecule has 0 radical (unpaired) electrons. The predicted octanol–water partition coefficient (Wildman–Crippen LogP) is 1.89. The molecule has 92 valence electrons. The molecule has 1 heterocycles. The first-order chi connectivity index (χ1) is 8.13. The summed E-state index contributed by atoms with van der Waals surface area (Å²) in [5.41, 5.74) is 0.428. The van der Waals surface area contributed by atoms with Gasteiger partial charge in [0, 0.05) is 7.05 Å². The fraction of sp³-hybridized carbons (Fsp3) is 0.364. The highest BCUT2D eigenvalue weighted by Crippen LogP contribution is 2.42. The minimum Gasteiger partial charge on any atom is -0.465 e. The van der Waals surface area contributed by atoms with Gasteiger partial charge in [0.2, 0.25) is 0 Å². The van der Waals surface area contributed by atoms with E-state index in [0.717, 1.165) is 4.90 Å². The van der Waals surface area contributed by atoms with Gasteiger partial charge < -0.3 is 19.3 Å². The van der Waals surface area contributed by atoms with Crippen molar-refractivity contribution in [2.24, 2.45) is 0 Å². The van der Waals surface area contributed by atoms with Crippen molar-refractivity contribution in [2.45, 2.75) is 13.4 Å². The number of carboxylic acid groups (broad SMARTS) is 1. The van der Waals surface area contributed by atoms with Gasteiger partial charge in [-0.05, 0) is 19.1 Å². The number of fused-ring (bicyclic) bond motifs is 1. The van der Waals surface area contributed by atoms with Crippen LogP contribution in [0.4, 0.5) is 10.5 Å². The molecule has 0 saturated heterocycles. The Morgan fingerprint density at radius 1 is 1.53 bits per heavy atom. The third kappa shape index (κ3) is 2.12. The second-order valence-electron chi connectivity index (χ2n) is 3.43. The first-order valence-corrected chi connectivity index (χ1v) is 5.18. The fourth-order valence-electron chi connectivity index (χ4n) is 1.51. The van der Waals surface area contributed by atoms with E-state index in [1.165, 1.54) is 7.05 Å². The van der Waals surface area contributed by atoms with E-state index in [4.69, 9.17) is 19.3 Å². The molecule has 1 aliphatic heterocycles. The topological polar surface area (TPSA) is 68.2 Å². The molecule has 1 aromatic rings. The largest absolute Gasteiger partial charge is 0.465 e. The summed E-state index contributed by atoms with van der Waals surface area (Å²) in [7, 11) is 1.44. The number of hydrogen-bond donors (Lipinski definition) is 1. The van der Waals surface area contributed by atoms with Crippen LogP contribution >= 0.6 is 0 Å². The number of anilines is 1. The molecule has 1 aliphatic rings. The van der Waals surface area contributed by atoms with Crippen LogP contribution in [0.25, 0.3) is 0 Å². The molecule has 6 nitrogen and oxygen atoms in total. The van der Waals surface area contributed by atoms with Gasteiger partial charge in [-0.2, -0.15) is 0 Å². The summed E-state index contributed by atoms with van der Waals surface area (Å²) in [4.78, 5) is 12.0. The number of rotatable bonds is 3. The normalized spacial score (nSPS) is 16.9. The van der Waals surface area contributed by atoms with Crippen LogP contribution in [0.3, 0.4) is 0 Å². The van der Waals surface area contributed by atoms with Gasteiger partial charge >= 0.3 is 12.6 Å². The average molecular weight is 239 g/mol. The van der Waals surface area contributed by atoms with E-state index in [9.17, 15) is 4.79 Å². The summed E-state index contributed by atoms with van der Waals surface area (Å²) in [5, 5.41) is 8.93. The van der Waals surface area contributed by atoms with Crippen molar-refractivity contribution in [3.05, 3.63) is 18.2 Å². The minimum atomic E-state index is -1.07. The summed E-state index contributed by atoms with van der Waals surface area (Å²) in [6.45, 7) is 1.46. The molecule has 17 heavy (non-hydrogen) atoms. The van der Waals surface area contributed by atoms with Crippen LogP contribution in [-0.4, -0.2) is 31.3 Å². The minimum absolute atomic E-state index is 0.385. The molecule has 0 aromatic heterocycles. The Morgan fingerprint density at radius 3 is 2.94 bits per heavy atom. The summed E-state index contributed by atoms with van der Waals surface area (Å²) >= 11 is 0. The Hall–Kier alpha value is -1.95. The quantitative estimate of drug-likeness (QED) is 0.872. The maximum absolute atomic E-state index is 10.9. The highest BCUT2D eigenvalue weighted by Gasteiger charge is 2.29. The highest BCUT2D eigenvalue weighted by molar-refractivity contribution is 5.88. The van der Waals surface area contributed by atoms with E-state index in [0.29, 0.717) is 23.8 Å². The molecule has 0 aliphatic carbocycles. The monoisotopic (exact) mass is 239 g/mol. The number of para-hydroxylation sites is 1. The zero-order chi connectivity index (χ0) is 12.4. The lowest BCUT2D eigenvalue weighted by Crippen LogP contribution is -2.25. The van der Waals surface area contributed by atoms with Gasteiger partial charge in [0.05, 0.1) is 12.3 Å². The van der Waals surface area contributed by atoms with Gasteiger partial charge in [0.15, 0.2) is 11.5 Å². The third-order valence-electron chi connectivity index (χ3n) is 2.35. The highest BCUT2D eigenvalue weighted by atomic mass is 16.9. The van der Waals surface area contributed by atoms with Crippen molar-refractivity contribution in [3.8, 4) is 11.5 Å². The first-order valence-electron chi connectivity index (χ1n) is 5.18. The zero-order valence-corrected chi connectivity index (χ0v) is 9.54. The first kappa shape index (κ1) is 11.5. The molecule has 1 atom stereocenters. The number of nitrogens with zero attached hydrogens (tertiary/aromatic N) is 1. The van der Waals surface area contributed by atoms with Crippen molar-refractivity contribution in [1.82, 2.24) is 0 Å². The zero-order valence-electron chi connectivity index (χ0n) is 9.54. The van der Waals surface area contributed by atoms with Crippen molar-refractivity contribution >= 4 is 11.8 Å². The van der Waals surface area contributed by atoms with Crippen LogP contribution in [0, 0.1) is 0 Å². The van der Waals surface area contributed by atoms with Gasteiger partial charge in [-0.1, -0.05) is 6.07 Å². The number of carbonyl (C=O) groups is 1. The van der Waals surface area contributed by atoms with Gasteiger partial charge in [0.25, 0.3) is 0 Å². The Balaban J connectivity index is 2.28. The summed E-state index contributed by atoms with van der Waals surface area (Å²) < 4.78 is 15.9. The number of amides is 1. The predicted molar refractivity (Wildman–Crippen MR) is 59.5 cm³/mol. The molecule has 1 unspecified atom stereocenters. The Morgan fingerprint density at radius 2 is 2.29 bits per heavy atom. The van der Waals surface area contributed by atoms with E-state index in [1.54, 1.807) is 18.2 Å². The summed E-state index contributed by atoms with van der Waals surface area (Å²) in [6, 6.07) is 5.05. The Kier molecular flexibility index (Phi) is 3.06. The Bertz CT molecular complexity index is 434. The SMILES string of the molecule is CCOC1Oc2cccc(N(C)C(=O)O)c2O1. The van der Waals surface area contributed by atoms with E-state index < -0.39 is 12.6 Å². The van der Waals surface area contributed by atoms with E-state index >= 15 is 0 Å². The summed E-state index contributed by atoms with van der Waals surface area (Å²) in [5.74, 6) is 0.866. The molecule has 0 saturated carbocycles. The van der Waals surface area contributed by atoms with Gasteiger partial charge in [-0.3, -0.25) is 4.90 Å². The molecular weight excluding hydrogens is 226 g/mol. The van der Waals surface area contributed by atoms with Crippen LogP contribution in [0.1, 0.15) is 6.92 Å². The Labute approximate surface area is 98.3 Å². The smallest absolute Gasteiger partial charge is 0.411 e. The van der Waals surface area contributed by atoms with Crippen LogP contribution in [0.5, 0.6) is 11.5 Å². The lowest BCUT2D eigenvalue weighted by atomic mass is 10.2. The van der Waals surface area contributed by atoms with Crippen LogP contribution in [0.2, 0.25) is 0 Å². The van der Waals surface area contributed by atoms with Crippen LogP contribution < -0.4 is 14.4 Å². The second-order valence-corrected chi connectivity index (χ2v) is 3.43. The van der Waals surface area contributed by atoms with Crippen molar-refractivity contribution in [2.75, 3.05) is 18.6 Å². The second kappa shape index (κ2) is 4.50. The fourth-order valence-corrected chi connectivity index (χ4v) is 1.51. The van der Waals surface area contributed by atoms with Crippen molar-refractivity contribution in [3.63, 3.8) is 0 Å². The lowest BCUT2D eigenvalue weighted by Gasteiger charge is -2.15. The molecule has 1 aromatic carbocycles. The molecule has 1 amide bonds. The van der Waals surface area contributed by atoms with Crippen molar-refractivity contribution < 1.29 is 24.1 Å². The van der Waals surface area contributed by atoms with Gasteiger partial charge in [-0.15, -0.1) is 0 Å². The molecule has 2 rings (SSSR count). The maximum Gasteiger partial charge on any atom is 0.411 e. The number of hydrogen-bond acceptors (Lipinski definition) is 4. The summed E-state index contributed by atoms with van der Waals surface area (Å²) in [6.07, 6.45) is -1.07. The molecule has 1 N–H and O–H groups in total. The van der Waals surface area contributed by atoms with Crippen molar-refractivity contribution in [1.29, 1.82) is 0 Å². The van der Waals surface area contributed by atoms with E-state index in [1.807, 2.05) is 6.92 Å². The standard InChI is InChI=1S/C11H13NO5/c1-3-15-11-16-8-6-4-5-7(9(8)17-11)12(2)10(13)14/h4-6,11H,3H2,1-2H3,(H,13,14). The third-order valence-corrected chi connectivity index (χ3v) is 2.35. The van der Waals surface area contributed by atoms with Gasteiger partial charge in [-0.25, -0.2) is 4.79 Å². The molecule has 0 bridgehead atoms. The molecular formula is C11H13NO5. The maximum atomic E-state index is 10.9. The number of ether oxygens (including phenoxy) is 3.